The number of hydrogen-bond acceptors (Lipinski definition) is 10. The minimum atomic E-state index is -3.96. The number of ether oxygens (including phenoxy) is 1. The molecule has 55 heavy (non-hydrogen) atoms. The number of aryl methyl sites for hydroxylation is 2. The van der Waals surface area contributed by atoms with Crippen molar-refractivity contribution in [3.05, 3.63) is 82.0 Å². The first-order chi connectivity index (χ1) is 26.0. The van der Waals surface area contributed by atoms with Gasteiger partial charge in [0, 0.05) is 13.2 Å². The van der Waals surface area contributed by atoms with Gasteiger partial charge in [0.15, 0.2) is 29.2 Å². The maximum absolute atomic E-state index is 13.3. The Balaban J connectivity index is 0.000000296. The average Bonchev–Trinajstić information content (AvgIpc) is 3.21. The lowest BCUT2D eigenvalue weighted by Gasteiger charge is -2.38. The van der Waals surface area contributed by atoms with Crippen LogP contribution in [0.25, 0.3) is 0 Å². The monoisotopic (exact) mass is 803 g/mol. The van der Waals surface area contributed by atoms with Gasteiger partial charge in [0.25, 0.3) is 11.8 Å². The largest absolute Gasteiger partial charge is 0.381 e. The lowest BCUT2D eigenvalue weighted by Crippen LogP contribution is -2.57. The Bertz CT molecular complexity index is 1890. The van der Waals surface area contributed by atoms with Gasteiger partial charge in [0.2, 0.25) is 0 Å². The topological polar surface area (TPSA) is 179 Å². The molecule has 2 saturated heterocycles. The number of amides is 2. The summed E-state index contributed by atoms with van der Waals surface area (Å²) in [5.74, 6) is -1.74. The maximum Gasteiger partial charge on any atom is 0.265 e. The molecule has 2 heterocycles. The normalized spacial score (nSPS) is 18.2. The summed E-state index contributed by atoms with van der Waals surface area (Å²) in [7, 11) is -6.01. The summed E-state index contributed by atoms with van der Waals surface area (Å²) in [6.45, 7) is 14.1. The van der Waals surface area contributed by atoms with E-state index >= 15 is 0 Å². The lowest BCUT2D eigenvalue weighted by molar-refractivity contribution is -0.134. The number of hydrogen-bond donors (Lipinski definition) is 4. The Kier molecular flexibility index (Phi) is 16.8. The van der Waals surface area contributed by atoms with Crippen molar-refractivity contribution in [2.75, 3.05) is 33.4 Å². The maximum atomic E-state index is 13.3. The van der Waals surface area contributed by atoms with Crippen molar-refractivity contribution >= 4 is 31.5 Å². The molecule has 0 spiro atoms. The standard InChI is InChI=1S/C21H32N2O4S.C20H29NO5S/c1-5-16(2)17(3)6-7-18-8-10-19(11-9-18)28(26,27)21(20(24)22-25)12-14-23(4)15-13-21;1-4-15(2)16(3)5-6-17-7-9-18(10-8-17)27(24,25)20(19(22)21-23)11-13-26-14-12-20/h8-11,25H,5-7,12-15H2,1-4H3,(H,22,24);7-10,23H,4-6,11-14H2,1-3H3,(H,21,22)/b17-16-;16-15-. The Morgan fingerprint density at radius 2 is 0.982 bits per heavy atom. The van der Waals surface area contributed by atoms with Crippen molar-refractivity contribution in [2.45, 2.75) is 125 Å². The summed E-state index contributed by atoms with van der Waals surface area (Å²) >= 11 is 0. The highest BCUT2D eigenvalue weighted by Gasteiger charge is 2.53. The molecule has 0 saturated carbocycles. The summed E-state index contributed by atoms with van der Waals surface area (Å²) < 4.78 is 54.9. The van der Waals surface area contributed by atoms with Gasteiger partial charge in [0.05, 0.1) is 9.79 Å². The second kappa shape index (κ2) is 20.1. The molecule has 0 aromatic heterocycles. The second-order valence-electron chi connectivity index (χ2n) is 14.9. The number of sulfone groups is 2. The number of allylic oxidation sites excluding steroid dienone is 4. The minimum absolute atomic E-state index is 0.0176. The quantitative estimate of drug-likeness (QED) is 0.0962. The number of hydroxylamine groups is 2. The van der Waals surface area contributed by atoms with Crippen LogP contribution in [0.1, 0.15) is 104 Å². The first kappa shape index (κ1) is 46.0. The van der Waals surface area contributed by atoms with Crippen LogP contribution in [-0.4, -0.2) is 86.8 Å². The zero-order valence-corrected chi connectivity index (χ0v) is 35.2. The molecule has 0 radical (unpaired) electrons. The van der Waals surface area contributed by atoms with Crippen LogP contribution in [0.4, 0.5) is 0 Å². The molecule has 2 aliphatic rings. The van der Waals surface area contributed by atoms with Gasteiger partial charge >= 0.3 is 0 Å². The van der Waals surface area contributed by atoms with E-state index in [4.69, 9.17) is 9.94 Å². The average molecular weight is 804 g/mol. The third-order valence-corrected chi connectivity index (χ3v) is 16.7. The first-order valence-electron chi connectivity index (χ1n) is 19.1. The van der Waals surface area contributed by atoms with Gasteiger partial charge in [-0.3, -0.25) is 20.0 Å². The fourth-order valence-corrected chi connectivity index (χ4v) is 10.8. The number of piperidine rings is 1. The number of carbonyl (C=O) groups is 2. The van der Waals surface area contributed by atoms with Crippen molar-refractivity contribution in [2.24, 2.45) is 0 Å². The van der Waals surface area contributed by atoms with Crippen molar-refractivity contribution in [1.82, 2.24) is 15.9 Å². The van der Waals surface area contributed by atoms with E-state index in [0.29, 0.717) is 13.1 Å². The number of carbonyl (C=O) groups excluding carboxylic acids is 2. The summed E-state index contributed by atoms with van der Waals surface area (Å²) in [5.41, 5.74) is 10.7. The van der Waals surface area contributed by atoms with E-state index < -0.39 is 41.0 Å². The van der Waals surface area contributed by atoms with Crippen molar-refractivity contribution in [3.63, 3.8) is 0 Å². The number of benzene rings is 2. The predicted octanol–water partition coefficient (Wildman–Crippen LogP) is 6.30. The molecule has 4 N–H and O–H groups in total. The van der Waals surface area contributed by atoms with E-state index in [1.165, 1.54) is 27.8 Å². The summed E-state index contributed by atoms with van der Waals surface area (Å²) in [4.78, 5) is 26.8. The predicted molar refractivity (Wildman–Crippen MR) is 213 cm³/mol. The number of nitrogens with zero attached hydrogens (tertiary/aromatic N) is 1. The molecule has 0 unspecified atom stereocenters. The molecule has 2 aromatic rings. The van der Waals surface area contributed by atoms with Crippen LogP contribution >= 0.6 is 0 Å². The van der Waals surface area contributed by atoms with Crippen LogP contribution in [0.15, 0.2) is 80.6 Å². The van der Waals surface area contributed by atoms with Crippen molar-refractivity contribution < 1.29 is 41.6 Å². The fourth-order valence-electron chi connectivity index (χ4n) is 6.94. The first-order valence-corrected chi connectivity index (χ1v) is 22.1. The van der Waals surface area contributed by atoms with E-state index in [-0.39, 0.29) is 48.7 Å². The Labute approximate surface area is 328 Å². The highest BCUT2D eigenvalue weighted by Crippen LogP contribution is 2.37. The van der Waals surface area contributed by atoms with E-state index in [0.717, 1.165) is 49.7 Å². The van der Waals surface area contributed by atoms with Crippen LogP contribution in [0, 0.1) is 0 Å². The Morgan fingerprint density at radius 3 is 1.31 bits per heavy atom. The molecule has 0 atom stereocenters. The molecular formula is C41H61N3O9S2. The molecule has 0 aliphatic carbocycles. The van der Waals surface area contributed by atoms with E-state index in [1.54, 1.807) is 41.9 Å². The van der Waals surface area contributed by atoms with Crippen LogP contribution in [0.2, 0.25) is 0 Å². The Hall–Kier alpha value is -3.40. The summed E-state index contributed by atoms with van der Waals surface area (Å²) in [6, 6.07) is 13.5. The van der Waals surface area contributed by atoms with Crippen molar-refractivity contribution in [3.8, 4) is 0 Å². The summed E-state index contributed by atoms with van der Waals surface area (Å²) in [5, 5.41) is 18.3. The molecule has 306 valence electrons. The van der Waals surface area contributed by atoms with Crippen LogP contribution in [0.5, 0.6) is 0 Å². The molecule has 14 heteroatoms. The fraction of sp³-hybridized carbons (Fsp3) is 0.561. The third kappa shape index (κ3) is 10.5. The highest BCUT2D eigenvalue weighted by molar-refractivity contribution is 7.94. The molecule has 4 rings (SSSR count). The van der Waals surface area contributed by atoms with Gasteiger partial charge in [-0.25, -0.2) is 27.8 Å². The lowest BCUT2D eigenvalue weighted by atomic mass is 9.95. The number of likely N-dealkylation sites (tertiary alicyclic amines) is 1. The molecule has 0 bridgehead atoms. The van der Waals surface area contributed by atoms with Gasteiger partial charge in [-0.15, -0.1) is 0 Å². The number of nitrogens with one attached hydrogen (secondary N) is 2. The zero-order chi connectivity index (χ0) is 41.0. The van der Waals surface area contributed by atoms with Crippen molar-refractivity contribution in [1.29, 1.82) is 0 Å². The van der Waals surface area contributed by atoms with Gasteiger partial charge in [-0.05, 0) is 147 Å². The zero-order valence-electron chi connectivity index (χ0n) is 33.5. The van der Waals surface area contributed by atoms with Crippen LogP contribution in [-0.2, 0) is 46.8 Å². The van der Waals surface area contributed by atoms with Crippen LogP contribution in [0.3, 0.4) is 0 Å². The molecule has 12 nitrogen and oxygen atoms in total. The SMILES string of the molecule is CC/C(C)=C(/C)CCc1ccc(S(=O)(=O)C2(C(=O)NO)CCN(C)CC2)cc1.CC/C(C)=C(/C)CCc1ccc(S(=O)(=O)C2(C(=O)NO)CCOCC2)cc1. The van der Waals surface area contributed by atoms with E-state index in [2.05, 4.69) is 41.5 Å². The smallest absolute Gasteiger partial charge is 0.265 e. The van der Waals surface area contributed by atoms with E-state index in [9.17, 15) is 31.6 Å². The van der Waals surface area contributed by atoms with E-state index in [1.807, 2.05) is 24.1 Å². The van der Waals surface area contributed by atoms with Gasteiger partial charge in [0.1, 0.15) is 0 Å². The third-order valence-electron chi connectivity index (χ3n) is 11.7. The highest BCUT2D eigenvalue weighted by atomic mass is 32.2. The molecule has 2 aromatic carbocycles. The Morgan fingerprint density at radius 1 is 0.636 bits per heavy atom. The van der Waals surface area contributed by atoms with Gasteiger partial charge < -0.3 is 9.64 Å². The summed E-state index contributed by atoms with van der Waals surface area (Å²) in [6.07, 6.45) is 5.95. The van der Waals surface area contributed by atoms with Gasteiger partial charge in [-0.1, -0.05) is 60.4 Å². The van der Waals surface area contributed by atoms with Crippen LogP contribution < -0.4 is 11.0 Å². The molecule has 2 amide bonds. The number of rotatable bonds is 14. The molecule has 2 fully saturated rings. The minimum Gasteiger partial charge on any atom is -0.381 e. The molecular weight excluding hydrogens is 743 g/mol. The molecule has 2 aliphatic heterocycles. The second-order valence-corrected chi connectivity index (χ2v) is 19.4. The van der Waals surface area contributed by atoms with Gasteiger partial charge in [-0.2, -0.15) is 0 Å².